The Bertz CT molecular complexity index is 887. The molecular weight excluding hydrogens is 338 g/mol. The quantitative estimate of drug-likeness (QED) is 0.597. The van der Waals surface area contributed by atoms with Crippen LogP contribution in [-0.2, 0) is 0 Å². The predicted octanol–water partition coefficient (Wildman–Crippen LogP) is 5.10. The van der Waals surface area contributed by atoms with Crippen LogP contribution in [0, 0.1) is 6.92 Å². The number of pyridine rings is 2. The molecule has 0 radical (unpaired) electrons. The van der Waals surface area contributed by atoms with Crippen molar-refractivity contribution in [1.82, 2.24) is 9.97 Å². The molecule has 2 heterocycles. The lowest BCUT2D eigenvalue weighted by Crippen LogP contribution is -1.96. The summed E-state index contributed by atoms with van der Waals surface area (Å²) < 4.78 is 24.8. The van der Waals surface area contributed by atoms with Gasteiger partial charge in [-0.05, 0) is 54.4 Å². The molecule has 0 saturated carbocycles. The van der Waals surface area contributed by atoms with E-state index in [0.717, 1.165) is 16.7 Å². The lowest BCUT2D eigenvalue weighted by molar-refractivity contribution is 0.399. The van der Waals surface area contributed by atoms with Crippen molar-refractivity contribution in [2.45, 2.75) is 12.8 Å². The maximum absolute atomic E-state index is 13.5. The number of aryl methyl sites for hydroxylation is 1. The number of aromatic nitrogens is 2. The Labute approximate surface area is 148 Å². The van der Waals surface area contributed by atoms with Crippen LogP contribution in [0.5, 0.6) is 17.5 Å². The summed E-state index contributed by atoms with van der Waals surface area (Å²) in [5, 5.41) is 0. The smallest absolute Gasteiger partial charge is 0.227 e. The predicted molar refractivity (Wildman–Crippen MR) is 98.8 cm³/mol. The molecule has 0 aliphatic carbocycles. The third kappa shape index (κ3) is 3.77. The van der Waals surface area contributed by atoms with E-state index >= 15 is 0 Å². The number of halogens is 1. The fraction of sp³-hybridized carbons (Fsp3) is 0.158. The van der Waals surface area contributed by atoms with Gasteiger partial charge in [0, 0.05) is 23.5 Å². The van der Waals surface area contributed by atoms with E-state index in [1.807, 2.05) is 31.2 Å². The molecule has 6 heteroatoms. The van der Waals surface area contributed by atoms with Gasteiger partial charge in [0.2, 0.25) is 11.8 Å². The molecule has 3 rings (SSSR count). The molecule has 0 bridgehead atoms. The van der Waals surface area contributed by atoms with Gasteiger partial charge in [0.05, 0.1) is 7.11 Å². The minimum atomic E-state index is -1.10. The van der Waals surface area contributed by atoms with Crippen molar-refractivity contribution in [1.29, 1.82) is 0 Å². The first-order chi connectivity index (χ1) is 12.1. The Morgan fingerprint density at radius 3 is 2.24 bits per heavy atom. The highest BCUT2D eigenvalue weighted by Gasteiger charge is 2.14. The molecule has 0 fully saturated rings. The Morgan fingerprint density at radius 2 is 1.64 bits per heavy atom. The summed E-state index contributed by atoms with van der Waals surface area (Å²) >= 11 is 0. The van der Waals surface area contributed by atoms with Crippen LogP contribution in [0.2, 0.25) is 0 Å². The van der Waals surface area contributed by atoms with E-state index in [-0.39, 0.29) is 0 Å². The van der Waals surface area contributed by atoms with Crippen LogP contribution in [0.1, 0.15) is 17.0 Å². The first-order valence-corrected chi connectivity index (χ1v) is 8.39. The Morgan fingerprint density at radius 1 is 1.00 bits per heavy atom. The third-order valence-corrected chi connectivity index (χ3v) is 4.14. The molecule has 3 aromatic rings. The zero-order chi connectivity index (χ0) is 17.8. The summed E-state index contributed by atoms with van der Waals surface area (Å²) in [7, 11) is 3.72. The van der Waals surface area contributed by atoms with Crippen LogP contribution in [0.15, 0.2) is 54.9 Å². The standard InChI is InChI=1S/C19H18FN2O2P/c1-12-11-13(7-8-14(12)17(20)25)24-19-16(6-4-10-22-19)15-5-3-9-21-18(15)23-2/h3-11,17H,25H2,1-2H3. The van der Waals surface area contributed by atoms with Gasteiger partial charge in [-0.15, -0.1) is 0 Å². The van der Waals surface area contributed by atoms with Crippen molar-refractivity contribution in [3.63, 3.8) is 0 Å². The Hall–Kier alpha value is -2.52. The number of methoxy groups -OCH3 is 1. The van der Waals surface area contributed by atoms with E-state index in [2.05, 4.69) is 19.2 Å². The lowest BCUT2D eigenvalue weighted by atomic mass is 10.1. The first-order valence-electron chi connectivity index (χ1n) is 7.72. The van der Waals surface area contributed by atoms with Crippen LogP contribution < -0.4 is 9.47 Å². The molecule has 128 valence electrons. The third-order valence-electron chi connectivity index (χ3n) is 3.78. The second-order valence-corrected chi connectivity index (χ2v) is 6.02. The zero-order valence-corrected chi connectivity index (χ0v) is 15.1. The fourth-order valence-electron chi connectivity index (χ4n) is 2.57. The maximum atomic E-state index is 13.5. The molecule has 2 aromatic heterocycles. The lowest BCUT2D eigenvalue weighted by Gasteiger charge is -2.13. The summed E-state index contributed by atoms with van der Waals surface area (Å²) in [6, 6.07) is 12.7. The minimum absolute atomic E-state index is 0.434. The maximum Gasteiger partial charge on any atom is 0.227 e. The molecule has 2 atom stereocenters. The highest BCUT2D eigenvalue weighted by Crippen LogP contribution is 2.36. The molecule has 2 unspecified atom stereocenters. The summed E-state index contributed by atoms with van der Waals surface area (Å²) in [5.74, 6) is 0.424. The van der Waals surface area contributed by atoms with Crippen molar-refractivity contribution in [3.8, 4) is 28.6 Å². The van der Waals surface area contributed by atoms with Gasteiger partial charge in [-0.1, -0.05) is 15.3 Å². The van der Waals surface area contributed by atoms with E-state index in [0.29, 0.717) is 23.1 Å². The molecule has 0 aliphatic heterocycles. The van der Waals surface area contributed by atoms with Crippen LogP contribution in [0.25, 0.3) is 11.1 Å². The largest absolute Gasteiger partial charge is 0.481 e. The number of hydrogen-bond donors (Lipinski definition) is 0. The summed E-state index contributed by atoms with van der Waals surface area (Å²) in [4.78, 5) is 8.55. The monoisotopic (exact) mass is 356 g/mol. The number of rotatable bonds is 5. The molecule has 0 saturated heterocycles. The number of nitrogens with zero attached hydrogens (tertiary/aromatic N) is 2. The van der Waals surface area contributed by atoms with Crippen molar-refractivity contribution in [2.24, 2.45) is 0 Å². The number of alkyl halides is 1. The van der Waals surface area contributed by atoms with E-state index < -0.39 is 5.91 Å². The van der Waals surface area contributed by atoms with Gasteiger partial charge in [0.25, 0.3) is 0 Å². The molecule has 0 aliphatic rings. The van der Waals surface area contributed by atoms with Gasteiger partial charge in [-0.3, -0.25) is 0 Å². The van der Waals surface area contributed by atoms with Gasteiger partial charge >= 0.3 is 0 Å². The van der Waals surface area contributed by atoms with E-state index in [1.54, 1.807) is 37.7 Å². The number of hydrogen-bond acceptors (Lipinski definition) is 4. The van der Waals surface area contributed by atoms with Gasteiger partial charge in [0.1, 0.15) is 11.7 Å². The van der Waals surface area contributed by atoms with Crippen LogP contribution >= 0.6 is 9.24 Å². The normalized spacial score (nSPS) is 11.8. The molecule has 0 amide bonds. The second kappa shape index (κ2) is 7.58. The van der Waals surface area contributed by atoms with E-state index in [4.69, 9.17) is 9.47 Å². The van der Waals surface area contributed by atoms with Gasteiger partial charge in [-0.2, -0.15) is 0 Å². The first kappa shape index (κ1) is 17.3. The van der Waals surface area contributed by atoms with Crippen LogP contribution in [0.4, 0.5) is 4.39 Å². The molecular formula is C19H18FN2O2P. The molecule has 25 heavy (non-hydrogen) atoms. The van der Waals surface area contributed by atoms with E-state index in [9.17, 15) is 4.39 Å². The average molecular weight is 356 g/mol. The van der Waals surface area contributed by atoms with Gasteiger partial charge < -0.3 is 9.47 Å². The topological polar surface area (TPSA) is 44.2 Å². The average Bonchev–Trinajstić information content (AvgIpc) is 2.62. The van der Waals surface area contributed by atoms with Crippen LogP contribution in [-0.4, -0.2) is 17.1 Å². The summed E-state index contributed by atoms with van der Waals surface area (Å²) in [6.45, 7) is 1.85. The van der Waals surface area contributed by atoms with E-state index in [1.165, 1.54) is 0 Å². The van der Waals surface area contributed by atoms with Crippen molar-refractivity contribution < 1.29 is 13.9 Å². The number of benzene rings is 1. The molecule has 0 spiro atoms. The van der Waals surface area contributed by atoms with Crippen LogP contribution in [0.3, 0.4) is 0 Å². The highest BCUT2D eigenvalue weighted by atomic mass is 31.0. The number of ether oxygens (including phenoxy) is 2. The van der Waals surface area contributed by atoms with Crippen molar-refractivity contribution in [3.05, 3.63) is 66.0 Å². The fourth-order valence-corrected chi connectivity index (χ4v) is 2.94. The molecule has 4 nitrogen and oxygen atoms in total. The summed E-state index contributed by atoms with van der Waals surface area (Å²) in [5.41, 5.74) is 2.99. The molecule has 0 N–H and O–H groups in total. The zero-order valence-electron chi connectivity index (χ0n) is 13.9. The van der Waals surface area contributed by atoms with Crippen molar-refractivity contribution >= 4 is 9.24 Å². The highest BCUT2D eigenvalue weighted by molar-refractivity contribution is 7.16. The summed E-state index contributed by atoms with van der Waals surface area (Å²) in [6.07, 6.45) is 3.32. The Balaban J connectivity index is 1.98. The van der Waals surface area contributed by atoms with Crippen molar-refractivity contribution in [2.75, 3.05) is 7.11 Å². The molecule has 1 aromatic carbocycles. The SMILES string of the molecule is COc1ncccc1-c1cccnc1Oc1ccc(C(F)P)c(C)c1. The minimum Gasteiger partial charge on any atom is -0.481 e. The second-order valence-electron chi connectivity index (χ2n) is 5.44. The Kier molecular flexibility index (Phi) is 5.25. The van der Waals surface area contributed by atoms with Gasteiger partial charge in [-0.25, -0.2) is 14.4 Å². The van der Waals surface area contributed by atoms with Gasteiger partial charge in [0.15, 0.2) is 0 Å².